The molecule has 5 nitrogen and oxygen atoms in total. The number of nitrogens with zero attached hydrogens (tertiary/aromatic N) is 2. The number of carbonyl (C=O) groups excluding carboxylic acids is 1. The highest BCUT2D eigenvalue weighted by Gasteiger charge is 2.34. The normalized spacial score (nSPS) is 16.6. The molecule has 1 amide bonds. The maximum absolute atomic E-state index is 12.9. The van der Waals surface area contributed by atoms with E-state index in [1.807, 2.05) is 20.8 Å². The zero-order chi connectivity index (χ0) is 16.3. The summed E-state index contributed by atoms with van der Waals surface area (Å²) in [6, 6.07) is 7.48. The molecular weight excluding hydrogens is 285 g/mol. The number of nitriles is 1. The lowest BCUT2D eigenvalue weighted by Crippen LogP contribution is -2.60. The van der Waals surface area contributed by atoms with Crippen LogP contribution in [-0.4, -0.2) is 35.7 Å². The monoisotopic (exact) mass is 305 g/mol. The largest absolute Gasteiger partial charge is 0.444 e. The molecule has 1 aromatic carbocycles. The van der Waals surface area contributed by atoms with E-state index in [-0.39, 0.29) is 18.0 Å². The maximum atomic E-state index is 12.9. The Kier molecular flexibility index (Phi) is 4.67. The fourth-order valence-electron chi connectivity index (χ4n) is 2.16. The van der Waals surface area contributed by atoms with Crippen molar-refractivity contribution in [3.8, 4) is 6.07 Å². The highest BCUT2D eigenvalue weighted by Crippen LogP contribution is 2.19. The van der Waals surface area contributed by atoms with Gasteiger partial charge < -0.3 is 9.64 Å². The van der Waals surface area contributed by atoms with Crippen LogP contribution in [0.1, 0.15) is 32.4 Å². The average molecular weight is 305 g/mol. The van der Waals surface area contributed by atoms with E-state index < -0.39 is 11.6 Å². The van der Waals surface area contributed by atoms with Gasteiger partial charge in [0.1, 0.15) is 17.5 Å². The number of nitrogens with one attached hydrogen (secondary N) is 1. The summed E-state index contributed by atoms with van der Waals surface area (Å²) in [7, 11) is 0. The Balaban J connectivity index is 1.85. The quantitative estimate of drug-likeness (QED) is 0.932. The smallest absolute Gasteiger partial charge is 0.410 e. The number of halogens is 1. The third kappa shape index (κ3) is 4.18. The maximum Gasteiger partial charge on any atom is 0.410 e. The summed E-state index contributed by atoms with van der Waals surface area (Å²) in [5.74, 6) is -0.333. The molecule has 1 heterocycles. The Morgan fingerprint density at radius 1 is 1.41 bits per heavy atom. The van der Waals surface area contributed by atoms with E-state index in [9.17, 15) is 14.4 Å². The first-order valence-electron chi connectivity index (χ1n) is 7.17. The number of benzene rings is 1. The number of hydrogen-bond acceptors (Lipinski definition) is 4. The van der Waals surface area contributed by atoms with Crippen LogP contribution < -0.4 is 5.32 Å². The van der Waals surface area contributed by atoms with Gasteiger partial charge in [-0.15, -0.1) is 0 Å². The van der Waals surface area contributed by atoms with Crippen molar-refractivity contribution in [1.82, 2.24) is 10.2 Å². The molecule has 1 aromatic rings. The lowest BCUT2D eigenvalue weighted by atomic mass is 10.0. The number of likely N-dealkylation sites (tertiary alicyclic amines) is 1. The minimum atomic E-state index is -0.522. The minimum absolute atomic E-state index is 0.0298. The molecule has 1 atom stereocenters. The Labute approximate surface area is 129 Å². The number of rotatable bonds is 3. The van der Waals surface area contributed by atoms with Gasteiger partial charge in [-0.2, -0.15) is 5.26 Å². The van der Waals surface area contributed by atoms with Crippen molar-refractivity contribution in [2.75, 3.05) is 13.1 Å². The fourth-order valence-corrected chi connectivity index (χ4v) is 2.16. The van der Waals surface area contributed by atoms with E-state index in [2.05, 4.69) is 11.4 Å². The summed E-state index contributed by atoms with van der Waals surface area (Å²) >= 11 is 0. The van der Waals surface area contributed by atoms with Crippen LogP contribution in [0, 0.1) is 17.1 Å². The summed E-state index contributed by atoms with van der Waals surface area (Å²) in [5, 5.41) is 12.4. The molecule has 0 spiro atoms. The Bertz CT molecular complexity index is 569. The summed E-state index contributed by atoms with van der Waals surface area (Å²) < 4.78 is 18.2. The van der Waals surface area contributed by atoms with Crippen molar-refractivity contribution >= 4 is 6.09 Å². The van der Waals surface area contributed by atoms with Gasteiger partial charge in [-0.3, -0.25) is 5.32 Å². The molecule has 0 aliphatic carbocycles. The van der Waals surface area contributed by atoms with E-state index >= 15 is 0 Å². The molecule has 0 saturated carbocycles. The molecule has 0 unspecified atom stereocenters. The Hall–Kier alpha value is -2.13. The van der Waals surface area contributed by atoms with Crippen molar-refractivity contribution in [1.29, 1.82) is 5.26 Å². The van der Waals surface area contributed by atoms with E-state index in [4.69, 9.17) is 4.74 Å². The molecule has 0 bridgehead atoms. The third-order valence-corrected chi connectivity index (χ3v) is 3.27. The van der Waals surface area contributed by atoms with Crippen LogP contribution >= 0.6 is 0 Å². The second-order valence-electron chi connectivity index (χ2n) is 6.36. The lowest BCUT2D eigenvalue weighted by molar-refractivity contribution is 0.00475. The van der Waals surface area contributed by atoms with Gasteiger partial charge in [0, 0.05) is 19.1 Å². The Morgan fingerprint density at radius 2 is 2.00 bits per heavy atom. The zero-order valence-electron chi connectivity index (χ0n) is 13.0. The number of carbonyl (C=O) groups is 1. The van der Waals surface area contributed by atoms with Gasteiger partial charge in [0.15, 0.2) is 0 Å². The van der Waals surface area contributed by atoms with Crippen LogP contribution in [0.3, 0.4) is 0 Å². The van der Waals surface area contributed by atoms with Gasteiger partial charge in [-0.05, 0) is 38.5 Å². The van der Waals surface area contributed by atoms with E-state index in [1.165, 1.54) is 12.1 Å². The van der Waals surface area contributed by atoms with Crippen LogP contribution in [0.5, 0.6) is 0 Å². The summed E-state index contributed by atoms with van der Waals surface area (Å²) in [6.07, 6.45) is -0.346. The first-order chi connectivity index (χ1) is 10.3. The van der Waals surface area contributed by atoms with Crippen molar-refractivity contribution < 1.29 is 13.9 Å². The highest BCUT2D eigenvalue weighted by atomic mass is 19.1. The van der Waals surface area contributed by atoms with Gasteiger partial charge in [-0.1, -0.05) is 12.1 Å². The number of ether oxygens (including phenoxy) is 1. The lowest BCUT2D eigenvalue weighted by Gasteiger charge is -2.41. The fraction of sp³-hybridized carbons (Fsp3) is 0.500. The first-order valence-corrected chi connectivity index (χ1v) is 7.17. The second kappa shape index (κ2) is 6.32. The summed E-state index contributed by atoms with van der Waals surface area (Å²) in [5.41, 5.74) is 0.193. The molecule has 118 valence electrons. The molecule has 0 radical (unpaired) electrons. The standard InChI is InChI=1S/C16H20FN3O2/c1-16(2,3)22-15(21)20-9-13(10-20)19-14(8-18)11-4-6-12(17)7-5-11/h4-7,13-14,19H,9-10H2,1-3H3/t14-/m0/s1. The van der Waals surface area contributed by atoms with Gasteiger partial charge in [-0.25, -0.2) is 9.18 Å². The van der Waals surface area contributed by atoms with Crippen molar-refractivity contribution in [3.63, 3.8) is 0 Å². The summed E-state index contributed by atoms with van der Waals surface area (Å²) in [6.45, 7) is 6.45. The minimum Gasteiger partial charge on any atom is -0.444 e. The summed E-state index contributed by atoms with van der Waals surface area (Å²) in [4.78, 5) is 13.4. The van der Waals surface area contributed by atoms with Gasteiger partial charge in [0.25, 0.3) is 0 Å². The molecule has 1 aliphatic rings. The van der Waals surface area contributed by atoms with E-state index in [0.717, 1.165) is 0 Å². The molecule has 22 heavy (non-hydrogen) atoms. The number of hydrogen-bond donors (Lipinski definition) is 1. The molecule has 1 saturated heterocycles. The molecule has 6 heteroatoms. The van der Waals surface area contributed by atoms with Crippen LogP contribution in [0.25, 0.3) is 0 Å². The van der Waals surface area contributed by atoms with Crippen LogP contribution in [0.2, 0.25) is 0 Å². The van der Waals surface area contributed by atoms with Crippen LogP contribution in [-0.2, 0) is 4.74 Å². The molecule has 2 rings (SSSR count). The molecule has 0 aromatic heterocycles. The predicted molar refractivity (Wildman–Crippen MR) is 79.5 cm³/mol. The first kappa shape index (κ1) is 16.2. The zero-order valence-corrected chi connectivity index (χ0v) is 13.0. The van der Waals surface area contributed by atoms with Crippen molar-refractivity contribution in [2.24, 2.45) is 0 Å². The topological polar surface area (TPSA) is 65.4 Å². The van der Waals surface area contributed by atoms with E-state index in [0.29, 0.717) is 18.7 Å². The highest BCUT2D eigenvalue weighted by molar-refractivity contribution is 5.69. The van der Waals surface area contributed by atoms with Gasteiger partial charge >= 0.3 is 6.09 Å². The molecule has 1 aliphatic heterocycles. The number of amides is 1. The van der Waals surface area contributed by atoms with E-state index in [1.54, 1.807) is 17.0 Å². The predicted octanol–water partition coefficient (Wildman–Crippen LogP) is 2.60. The second-order valence-corrected chi connectivity index (χ2v) is 6.36. The average Bonchev–Trinajstić information content (AvgIpc) is 2.37. The van der Waals surface area contributed by atoms with Gasteiger partial charge in [0.05, 0.1) is 6.07 Å². The molecular formula is C16H20FN3O2. The Morgan fingerprint density at radius 3 is 2.50 bits per heavy atom. The SMILES string of the molecule is CC(C)(C)OC(=O)N1CC(N[C@@H](C#N)c2ccc(F)cc2)C1. The van der Waals surface area contributed by atoms with Crippen molar-refractivity contribution in [2.45, 2.75) is 38.5 Å². The van der Waals surface area contributed by atoms with Crippen molar-refractivity contribution in [3.05, 3.63) is 35.6 Å². The van der Waals surface area contributed by atoms with Crippen LogP contribution in [0.4, 0.5) is 9.18 Å². The molecule has 1 fully saturated rings. The molecule has 1 N–H and O–H groups in total. The third-order valence-electron chi connectivity index (χ3n) is 3.27. The van der Waals surface area contributed by atoms with Gasteiger partial charge in [0.2, 0.25) is 0 Å². The van der Waals surface area contributed by atoms with Crippen LogP contribution in [0.15, 0.2) is 24.3 Å².